The van der Waals surface area contributed by atoms with Crippen LogP contribution in [0.5, 0.6) is 0 Å². The van der Waals surface area contributed by atoms with Crippen LogP contribution in [0.15, 0.2) is 0 Å². The summed E-state index contributed by atoms with van der Waals surface area (Å²) in [6.07, 6.45) is 0.540. The van der Waals surface area contributed by atoms with Crippen molar-refractivity contribution < 1.29 is 19.3 Å². The van der Waals surface area contributed by atoms with Crippen LogP contribution in [0.3, 0.4) is 0 Å². The van der Waals surface area contributed by atoms with Crippen LogP contribution in [-0.4, -0.2) is 40.3 Å². The molecule has 0 spiro atoms. The van der Waals surface area contributed by atoms with Gasteiger partial charge in [0.25, 0.3) is 0 Å². The Morgan fingerprint density at radius 3 is 1.87 bits per heavy atom. The van der Waals surface area contributed by atoms with Gasteiger partial charge in [0.05, 0.1) is 24.4 Å². The van der Waals surface area contributed by atoms with Gasteiger partial charge in [0.2, 0.25) is 0 Å². The van der Waals surface area contributed by atoms with Crippen molar-refractivity contribution in [2.45, 2.75) is 57.9 Å². The molecule has 0 aromatic rings. The van der Waals surface area contributed by atoms with E-state index in [4.69, 9.17) is 4.74 Å². The fourth-order valence-electron chi connectivity index (χ4n) is 0.741. The molecule has 0 radical (unpaired) electrons. The molecule has 2 N–H and O–H groups in total. The Balaban J connectivity index is 4.07. The van der Waals surface area contributed by atoms with E-state index in [1.807, 2.05) is 6.92 Å². The molecule has 0 saturated carbocycles. The second-order valence-electron chi connectivity index (χ2n) is 5.10. The van der Waals surface area contributed by atoms with E-state index in [1.54, 1.807) is 6.92 Å². The van der Waals surface area contributed by atoms with Crippen molar-refractivity contribution in [3.8, 4) is 0 Å². The molecule has 2 atom stereocenters. The van der Waals surface area contributed by atoms with Crippen LogP contribution < -0.4 is 0 Å². The summed E-state index contributed by atoms with van der Waals surface area (Å²) in [4.78, 5) is 0. The highest BCUT2D eigenvalue weighted by Crippen LogP contribution is 2.26. The van der Waals surface area contributed by atoms with E-state index < -0.39 is 16.9 Å². The van der Waals surface area contributed by atoms with Gasteiger partial charge in [0.15, 0.2) is 5.67 Å². The molecule has 0 aliphatic heterocycles. The molecule has 0 aliphatic rings. The number of ether oxygens (including phenoxy) is 1. The summed E-state index contributed by atoms with van der Waals surface area (Å²) in [6, 6.07) is 0. The Morgan fingerprint density at radius 1 is 1.07 bits per heavy atom. The third kappa shape index (κ3) is 4.91. The first-order valence-corrected chi connectivity index (χ1v) is 5.23. The molecular formula is C11H23FO3. The van der Waals surface area contributed by atoms with Crippen LogP contribution in [0, 0.1) is 0 Å². The Hall–Kier alpha value is -0.190. The molecule has 2 unspecified atom stereocenters. The van der Waals surface area contributed by atoms with Gasteiger partial charge in [-0.3, -0.25) is 0 Å². The lowest BCUT2D eigenvalue weighted by Crippen LogP contribution is -2.48. The van der Waals surface area contributed by atoms with Crippen LogP contribution in [0.2, 0.25) is 0 Å². The van der Waals surface area contributed by atoms with E-state index >= 15 is 0 Å². The highest BCUT2D eigenvalue weighted by molar-refractivity contribution is 4.90. The summed E-state index contributed by atoms with van der Waals surface area (Å²) >= 11 is 0. The molecule has 4 heteroatoms. The van der Waals surface area contributed by atoms with Crippen molar-refractivity contribution in [1.29, 1.82) is 0 Å². The second-order valence-corrected chi connectivity index (χ2v) is 5.10. The van der Waals surface area contributed by atoms with Gasteiger partial charge in [-0.2, -0.15) is 0 Å². The lowest BCUT2D eigenvalue weighted by molar-refractivity contribution is -0.126. The largest absolute Gasteiger partial charge is 0.388 e. The number of hydrogen-bond acceptors (Lipinski definition) is 3. The minimum absolute atomic E-state index is 0.0685. The van der Waals surface area contributed by atoms with Crippen LogP contribution >= 0.6 is 0 Å². The van der Waals surface area contributed by atoms with Crippen LogP contribution in [-0.2, 0) is 4.74 Å². The maximum atomic E-state index is 13.8. The molecule has 92 valence electrons. The monoisotopic (exact) mass is 222 g/mol. The maximum absolute atomic E-state index is 13.8. The van der Waals surface area contributed by atoms with Crippen molar-refractivity contribution in [1.82, 2.24) is 0 Å². The molecule has 0 rings (SSSR count). The van der Waals surface area contributed by atoms with E-state index in [1.165, 1.54) is 20.8 Å². The van der Waals surface area contributed by atoms with Gasteiger partial charge in [-0.05, 0) is 34.1 Å². The molecule has 0 amide bonds. The third-order valence-electron chi connectivity index (χ3n) is 2.82. The number of rotatable bonds is 6. The predicted molar refractivity (Wildman–Crippen MR) is 57.5 cm³/mol. The summed E-state index contributed by atoms with van der Waals surface area (Å²) in [5.41, 5.74) is -4.21. The van der Waals surface area contributed by atoms with Gasteiger partial charge in [0, 0.05) is 0 Å². The minimum atomic E-state index is -1.82. The van der Waals surface area contributed by atoms with Gasteiger partial charge >= 0.3 is 0 Å². The van der Waals surface area contributed by atoms with E-state index in [0.29, 0.717) is 6.42 Å². The molecule has 0 aromatic carbocycles. The first-order chi connectivity index (χ1) is 6.52. The topological polar surface area (TPSA) is 49.7 Å². The number of alkyl halides is 1. The molecular weight excluding hydrogens is 199 g/mol. The quantitative estimate of drug-likeness (QED) is 0.718. The van der Waals surface area contributed by atoms with Gasteiger partial charge in [-0.15, -0.1) is 0 Å². The summed E-state index contributed by atoms with van der Waals surface area (Å²) in [5.74, 6) is 0. The first-order valence-electron chi connectivity index (χ1n) is 5.23. The first kappa shape index (κ1) is 14.8. The van der Waals surface area contributed by atoms with E-state index in [9.17, 15) is 14.6 Å². The summed E-state index contributed by atoms with van der Waals surface area (Å²) in [6.45, 7) is 7.38. The normalized spacial score (nSPS) is 20.8. The van der Waals surface area contributed by atoms with Crippen molar-refractivity contribution in [2.24, 2.45) is 0 Å². The van der Waals surface area contributed by atoms with Crippen LogP contribution in [0.4, 0.5) is 4.39 Å². The van der Waals surface area contributed by atoms with Crippen molar-refractivity contribution in [3.05, 3.63) is 0 Å². The zero-order valence-corrected chi connectivity index (χ0v) is 10.3. The van der Waals surface area contributed by atoms with Gasteiger partial charge in [0.1, 0.15) is 0 Å². The van der Waals surface area contributed by atoms with Gasteiger partial charge in [-0.1, -0.05) is 6.92 Å². The van der Waals surface area contributed by atoms with E-state index in [-0.39, 0.29) is 13.2 Å². The Morgan fingerprint density at radius 2 is 1.53 bits per heavy atom. The average molecular weight is 222 g/mol. The molecule has 15 heavy (non-hydrogen) atoms. The smallest absolute Gasteiger partial charge is 0.159 e. The second kappa shape index (κ2) is 4.76. The molecule has 0 heterocycles. The Kier molecular flexibility index (Phi) is 4.70. The van der Waals surface area contributed by atoms with Crippen molar-refractivity contribution in [3.63, 3.8) is 0 Å². The lowest BCUT2D eigenvalue weighted by atomic mass is 9.90. The molecule has 0 aromatic heterocycles. The lowest BCUT2D eigenvalue weighted by Gasteiger charge is -2.33. The fraction of sp³-hybridized carbons (Fsp3) is 1.00. The molecule has 0 bridgehead atoms. The van der Waals surface area contributed by atoms with Crippen molar-refractivity contribution >= 4 is 0 Å². The molecule has 3 nitrogen and oxygen atoms in total. The van der Waals surface area contributed by atoms with Crippen LogP contribution in [0.1, 0.15) is 41.0 Å². The summed E-state index contributed by atoms with van der Waals surface area (Å²) < 4.78 is 18.9. The van der Waals surface area contributed by atoms with E-state index in [2.05, 4.69) is 0 Å². The number of aliphatic hydroxyl groups is 2. The standard InChI is InChI=1S/C11H23FO3/c1-6-10(4,14)7-15-8-11(5,12)9(2,3)13/h13-14H,6-8H2,1-5H3. The fourth-order valence-corrected chi connectivity index (χ4v) is 0.741. The number of hydrogen-bond donors (Lipinski definition) is 2. The Bertz CT molecular complexity index is 194. The highest BCUT2D eigenvalue weighted by Gasteiger charge is 2.40. The molecule has 0 aliphatic carbocycles. The zero-order valence-electron chi connectivity index (χ0n) is 10.3. The predicted octanol–water partition coefficient (Wildman–Crippen LogP) is 1.66. The minimum Gasteiger partial charge on any atom is -0.388 e. The number of halogens is 1. The summed E-state index contributed by atoms with van der Waals surface area (Å²) in [7, 11) is 0. The van der Waals surface area contributed by atoms with E-state index in [0.717, 1.165) is 0 Å². The SMILES string of the molecule is CCC(C)(O)COCC(C)(F)C(C)(C)O. The van der Waals surface area contributed by atoms with Gasteiger partial charge < -0.3 is 14.9 Å². The molecule has 0 saturated heterocycles. The maximum Gasteiger partial charge on any atom is 0.159 e. The third-order valence-corrected chi connectivity index (χ3v) is 2.82. The molecule has 0 fully saturated rings. The summed E-state index contributed by atoms with van der Waals surface area (Å²) in [5, 5.41) is 19.1. The van der Waals surface area contributed by atoms with Crippen LogP contribution in [0.25, 0.3) is 0 Å². The van der Waals surface area contributed by atoms with Crippen molar-refractivity contribution in [2.75, 3.05) is 13.2 Å². The zero-order chi connectivity index (χ0) is 12.3. The highest BCUT2D eigenvalue weighted by atomic mass is 19.1. The van der Waals surface area contributed by atoms with Gasteiger partial charge in [-0.25, -0.2) is 4.39 Å². The average Bonchev–Trinajstić information content (AvgIpc) is 2.01. The Labute approximate surface area is 91.3 Å².